The lowest BCUT2D eigenvalue weighted by Gasteiger charge is -2.33. The number of fused-ring (bicyclic) bond motifs is 1. The Morgan fingerprint density at radius 3 is 2.47 bits per heavy atom. The highest BCUT2D eigenvalue weighted by molar-refractivity contribution is 6.34. The molecule has 2 N–H and O–H groups in total. The van der Waals surface area contributed by atoms with Gasteiger partial charge in [-0.2, -0.15) is 0 Å². The summed E-state index contributed by atoms with van der Waals surface area (Å²) in [7, 11) is 4.38. The Bertz CT molecular complexity index is 1110. The Balaban J connectivity index is 1.91. The maximum atomic E-state index is 12.7. The average molecular weight is 462 g/mol. The van der Waals surface area contributed by atoms with Crippen LogP contribution in [0, 0.1) is 0 Å². The van der Waals surface area contributed by atoms with Crippen molar-refractivity contribution in [2.24, 2.45) is 0 Å². The summed E-state index contributed by atoms with van der Waals surface area (Å²) in [6.07, 6.45) is 0.987. The van der Waals surface area contributed by atoms with E-state index in [4.69, 9.17) is 11.6 Å². The van der Waals surface area contributed by atoms with Crippen molar-refractivity contribution in [3.05, 3.63) is 56.7 Å². The minimum atomic E-state index is -0.767. The Morgan fingerprint density at radius 1 is 1.19 bits per heavy atom. The molecule has 10 nitrogen and oxygen atoms in total. The molecule has 11 heteroatoms. The first-order valence-electron chi connectivity index (χ1n) is 9.96. The summed E-state index contributed by atoms with van der Waals surface area (Å²) in [6.45, 7) is 0.413. The number of nitrogens with one attached hydrogen (secondary N) is 1. The van der Waals surface area contributed by atoms with Crippen LogP contribution in [0.5, 0.6) is 5.75 Å². The maximum Gasteiger partial charge on any atom is 0.312 e. The summed E-state index contributed by atoms with van der Waals surface area (Å²) in [5, 5.41) is 13.5. The molecular formula is C21H24ClN5O5. The van der Waals surface area contributed by atoms with Crippen molar-refractivity contribution in [1.29, 1.82) is 0 Å². The lowest BCUT2D eigenvalue weighted by Crippen LogP contribution is -2.45. The predicted molar refractivity (Wildman–Crippen MR) is 116 cm³/mol. The third-order valence-electron chi connectivity index (χ3n) is 5.29. The van der Waals surface area contributed by atoms with Gasteiger partial charge in [0.15, 0.2) is 5.69 Å². The van der Waals surface area contributed by atoms with E-state index < -0.39 is 40.8 Å². The van der Waals surface area contributed by atoms with E-state index in [0.29, 0.717) is 17.9 Å². The standard InChI is InChI=1S/C21H24ClN5O5/c1-25(2)20(31)21(32)26(3)14-5-4-10-27-17(14)24-15(16(28)19(27)30)18(29)23-11-12-6-8-13(22)9-7-12/h6-9,14,28H,4-5,10-11H2,1-3H3,(H,23,29). The summed E-state index contributed by atoms with van der Waals surface area (Å²) < 4.78 is 1.24. The SMILES string of the molecule is CN(C)C(=O)C(=O)N(C)C1CCCn2c1nc(C(=O)NCc1ccc(Cl)cc1)c(O)c2=O. The van der Waals surface area contributed by atoms with Crippen LogP contribution in [0.2, 0.25) is 5.02 Å². The van der Waals surface area contributed by atoms with Crippen molar-refractivity contribution in [3.63, 3.8) is 0 Å². The molecule has 1 aromatic carbocycles. The molecule has 0 spiro atoms. The van der Waals surface area contributed by atoms with Crippen LogP contribution in [-0.2, 0) is 22.7 Å². The number of hydrogen-bond donors (Lipinski definition) is 2. The summed E-state index contributed by atoms with van der Waals surface area (Å²) in [5.41, 5.74) is -0.430. The van der Waals surface area contributed by atoms with E-state index in [1.807, 2.05) is 0 Å². The highest BCUT2D eigenvalue weighted by Gasteiger charge is 2.34. The van der Waals surface area contributed by atoms with Crippen LogP contribution in [-0.4, -0.2) is 63.3 Å². The van der Waals surface area contributed by atoms with Crippen molar-refractivity contribution in [3.8, 4) is 5.75 Å². The summed E-state index contributed by atoms with van der Waals surface area (Å²) in [4.78, 5) is 56.7. The monoisotopic (exact) mass is 461 g/mol. The van der Waals surface area contributed by atoms with E-state index in [1.165, 1.54) is 30.6 Å². The molecule has 32 heavy (non-hydrogen) atoms. The molecule has 1 aromatic heterocycles. The fraction of sp³-hybridized carbons (Fsp3) is 0.381. The molecule has 1 aliphatic heterocycles. The minimum absolute atomic E-state index is 0.134. The largest absolute Gasteiger partial charge is 0.501 e. The first kappa shape index (κ1) is 23.3. The van der Waals surface area contributed by atoms with Crippen LogP contribution >= 0.6 is 11.6 Å². The van der Waals surface area contributed by atoms with Gasteiger partial charge in [-0.15, -0.1) is 0 Å². The minimum Gasteiger partial charge on any atom is -0.501 e. The summed E-state index contributed by atoms with van der Waals surface area (Å²) >= 11 is 5.85. The molecule has 0 fully saturated rings. The van der Waals surface area contributed by atoms with Gasteiger partial charge in [-0.05, 0) is 30.5 Å². The first-order valence-corrected chi connectivity index (χ1v) is 10.3. The predicted octanol–water partition coefficient (Wildman–Crippen LogP) is 0.914. The number of aromatic hydroxyl groups is 1. The number of rotatable bonds is 4. The normalized spacial score (nSPS) is 14.9. The Morgan fingerprint density at radius 2 is 1.84 bits per heavy atom. The second-order valence-corrected chi connectivity index (χ2v) is 8.14. The van der Waals surface area contributed by atoms with Gasteiger partial charge in [0.05, 0.1) is 6.04 Å². The molecule has 0 aliphatic carbocycles. The number of halogens is 1. The van der Waals surface area contributed by atoms with E-state index in [-0.39, 0.29) is 18.9 Å². The zero-order valence-corrected chi connectivity index (χ0v) is 18.7. The van der Waals surface area contributed by atoms with Crippen LogP contribution in [0.15, 0.2) is 29.1 Å². The molecule has 1 unspecified atom stereocenters. The number of carbonyl (C=O) groups is 3. The molecule has 2 aromatic rings. The average Bonchev–Trinajstić information content (AvgIpc) is 2.78. The molecule has 0 saturated heterocycles. The fourth-order valence-electron chi connectivity index (χ4n) is 3.48. The summed E-state index contributed by atoms with van der Waals surface area (Å²) in [5.74, 6) is -2.82. The van der Waals surface area contributed by atoms with E-state index >= 15 is 0 Å². The first-order chi connectivity index (χ1) is 15.1. The third kappa shape index (κ3) is 4.59. The lowest BCUT2D eigenvalue weighted by molar-refractivity contribution is -0.151. The molecule has 0 bridgehead atoms. The van der Waals surface area contributed by atoms with Crippen LogP contribution in [0.25, 0.3) is 0 Å². The molecule has 3 amide bonds. The van der Waals surface area contributed by atoms with E-state index in [9.17, 15) is 24.3 Å². The zero-order chi connectivity index (χ0) is 23.6. The second kappa shape index (κ2) is 9.39. The van der Waals surface area contributed by atoms with Crippen molar-refractivity contribution < 1.29 is 19.5 Å². The molecule has 3 rings (SSSR count). The number of amides is 3. The topological polar surface area (TPSA) is 125 Å². The van der Waals surface area contributed by atoms with Crippen molar-refractivity contribution in [2.75, 3.05) is 21.1 Å². The molecule has 0 saturated carbocycles. The van der Waals surface area contributed by atoms with Gasteiger partial charge in [-0.3, -0.25) is 23.7 Å². The molecule has 0 radical (unpaired) electrons. The van der Waals surface area contributed by atoms with Gasteiger partial charge in [0.25, 0.3) is 11.5 Å². The van der Waals surface area contributed by atoms with Gasteiger partial charge in [0.2, 0.25) is 5.75 Å². The van der Waals surface area contributed by atoms with Gasteiger partial charge in [-0.25, -0.2) is 4.98 Å². The number of hydrogen-bond acceptors (Lipinski definition) is 6. The Hall–Kier alpha value is -3.40. The fourth-order valence-corrected chi connectivity index (χ4v) is 3.61. The van der Waals surface area contributed by atoms with Gasteiger partial charge in [-0.1, -0.05) is 23.7 Å². The molecule has 1 atom stereocenters. The van der Waals surface area contributed by atoms with Crippen molar-refractivity contribution in [2.45, 2.75) is 32.0 Å². The van der Waals surface area contributed by atoms with Gasteiger partial charge < -0.3 is 20.2 Å². The smallest absolute Gasteiger partial charge is 0.312 e. The molecular weight excluding hydrogens is 438 g/mol. The quantitative estimate of drug-likeness (QED) is 0.652. The second-order valence-electron chi connectivity index (χ2n) is 7.71. The highest BCUT2D eigenvalue weighted by atomic mass is 35.5. The lowest BCUT2D eigenvalue weighted by atomic mass is 10.0. The van der Waals surface area contributed by atoms with E-state index in [1.54, 1.807) is 24.3 Å². The van der Waals surface area contributed by atoms with Crippen LogP contribution in [0.3, 0.4) is 0 Å². The number of likely N-dealkylation sites (N-methyl/N-ethyl adjacent to an activating group) is 2. The third-order valence-corrected chi connectivity index (χ3v) is 5.54. The van der Waals surface area contributed by atoms with Gasteiger partial charge >= 0.3 is 11.8 Å². The Kier molecular flexibility index (Phi) is 6.83. The highest BCUT2D eigenvalue weighted by Crippen LogP contribution is 2.29. The number of nitrogens with zero attached hydrogens (tertiary/aromatic N) is 4. The van der Waals surface area contributed by atoms with Gasteiger partial charge in [0.1, 0.15) is 5.82 Å². The Labute approximate surface area is 189 Å². The number of carbonyl (C=O) groups excluding carboxylic acids is 3. The van der Waals surface area contributed by atoms with Gasteiger partial charge in [0, 0.05) is 39.3 Å². The van der Waals surface area contributed by atoms with E-state index in [0.717, 1.165) is 10.5 Å². The maximum absolute atomic E-state index is 12.7. The van der Waals surface area contributed by atoms with Crippen molar-refractivity contribution in [1.82, 2.24) is 24.7 Å². The molecule has 170 valence electrons. The van der Waals surface area contributed by atoms with Crippen LogP contribution in [0.1, 0.15) is 40.8 Å². The van der Waals surface area contributed by atoms with Crippen LogP contribution < -0.4 is 10.9 Å². The zero-order valence-electron chi connectivity index (χ0n) is 18.0. The number of aromatic nitrogens is 2. The van der Waals surface area contributed by atoms with Crippen LogP contribution in [0.4, 0.5) is 0 Å². The molecule has 2 heterocycles. The molecule has 1 aliphatic rings. The van der Waals surface area contributed by atoms with E-state index in [2.05, 4.69) is 10.3 Å². The summed E-state index contributed by atoms with van der Waals surface area (Å²) in [6, 6.07) is 6.12. The van der Waals surface area contributed by atoms with Crippen molar-refractivity contribution >= 4 is 29.3 Å². The number of benzene rings is 1.